The zero-order valence-corrected chi connectivity index (χ0v) is 10.1. The third kappa shape index (κ3) is 2.79. The zero-order valence-electron chi connectivity index (χ0n) is 10.1. The third-order valence-corrected chi connectivity index (χ3v) is 2.91. The summed E-state index contributed by atoms with van der Waals surface area (Å²) in [5.41, 5.74) is 6.67. The zero-order chi connectivity index (χ0) is 12.1. The van der Waals surface area contributed by atoms with Gasteiger partial charge in [-0.15, -0.1) is 0 Å². The van der Waals surface area contributed by atoms with E-state index in [4.69, 9.17) is 5.73 Å². The first-order valence-corrected chi connectivity index (χ1v) is 5.51. The molecule has 1 rings (SSSR count). The van der Waals surface area contributed by atoms with Gasteiger partial charge in [0.05, 0.1) is 17.9 Å². The van der Waals surface area contributed by atoms with Gasteiger partial charge in [0.1, 0.15) is 0 Å². The second kappa shape index (κ2) is 5.61. The van der Waals surface area contributed by atoms with Crippen LogP contribution in [-0.2, 0) is 4.79 Å². The maximum atomic E-state index is 12.0. The summed E-state index contributed by atoms with van der Waals surface area (Å²) in [4.78, 5) is 17.6. The summed E-state index contributed by atoms with van der Waals surface area (Å²) in [6.07, 6.45) is 4.23. The highest BCUT2D eigenvalue weighted by Gasteiger charge is 2.23. The molecule has 0 fully saturated rings. The van der Waals surface area contributed by atoms with Gasteiger partial charge in [0.15, 0.2) is 0 Å². The van der Waals surface area contributed by atoms with Crippen LogP contribution in [0.2, 0.25) is 0 Å². The molecule has 4 heteroatoms. The maximum Gasteiger partial charge on any atom is 0.243 e. The van der Waals surface area contributed by atoms with E-state index in [2.05, 4.69) is 4.98 Å². The van der Waals surface area contributed by atoms with Crippen LogP contribution in [0.15, 0.2) is 24.5 Å². The molecule has 0 aromatic carbocycles. The number of hydrogen-bond donors (Lipinski definition) is 1. The molecule has 0 aliphatic rings. The molecule has 0 saturated heterocycles. The van der Waals surface area contributed by atoms with Crippen LogP contribution in [0.5, 0.6) is 0 Å². The number of carbonyl (C=O) groups excluding carboxylic acids is 1. The molecule has 0 aliphatic carbocycles. The topological polar surface area (TPSA) is 59.2 Å². The predicted molar refractivity (Wildman–Crippen MR) is 65.1 cm³/mol. The number of likely N-dealkylation sites (N-methyl/N-ethyl adjacent to an activating group) is 1. The molecule has 4 nitrogen and oxygen atoms in total. The molecule has 2 atom stereocenters. The summed E-state index contributed by atoms with van der Waals surface area (Å²) in [5, 5.41) is 0. The Bertz CT molecular complexity index is 339. The van der Waals surface area contributed by atoms with E-state index in [1.807, 2.05) is 19.9 Å². The Kier molecular flexibility index (Phi) is 4.43. The van der Waals surface area contributed by atoms with Gasteiger partial charge in [-0.25, -0.2) is 0 Å². The molecule has 2 N–H and O–H groups in total. The molecule has 1 amide bonds. The van der Waals surface area contributed by atoms with Crippen LogP contribution < -0.4 is 10.6 Å². The van der Waals surface area contributed by atoms with Crippen molar-refractivity contribution in [1.29, 1.82) is 0 Å². The largest absolute Gasteiger partial charge is 0.320 e. The molecule has 0 aliphatic heterocycles. The lowest BCUT2D eigenvalue weighted by Gasteiger charge is -2.24. The molecule has 1 aromatic heterocycles. The maximum absolute atomic E-state index is 12.0. The van der Waals surface area contributed by atoms with Crippen molar-refractivity contribution >= 4 is 11.6 Å². The Labute approximate surface area is 96.5 Å². The lowest BCUT2D eigenvalue weighted by molar-refractivity contribution is -0.120. The Morgan fingerprint density at radius 2 is 2.31 bits per heavy atom. The van der Waals surface area contributed by atoms with Crippen LogP contribution in [0.25, 0.3) is 0 Å². The smallest absolute Gasteiger partial charge is 0.243 e. The second-order valence-corrected chi connectivity index (χ2v) is 4.02. The summed E-state index contributed by atoms with van der Waals surface area (Å²) < 4.78 is 0. The standard InChI is InChI=1S/C12H19N3O/c1-4-9(2)11(13)12(16)15(3)10-6-5-7-14-8-10/h5-9,11H,4,13H2,1-3H3/t9-,11-/m0/s1. The number of nitrogens with two attached hydrogens (primary N) is 1. The van der Waals surface area contributed by atoms with Gasteiger partial charge >= 0.3 is 0 Å². The van der Waals surface area contributed by atoms with Gasteiger partial charge in [-0.1, -0.05) is 20.3 Å². The van der Waals surface area contributed by atoms with Crippen molar-refractivity contribution in [3.8, 4) is 0 Å². The van der Waals surface area contributed by atoms with Gasteiger partial charge in [-0.05, 0) is 18.1 Å². The SMILES string of the molecule is CC[C@H](C)[C@H](N)C(=O)N(C)c1cccnc1. The minimum absolute atomic E-state index is 0.0673. The lowest BCUT2D eigenvalue weighted by Crippen LogP contribution is -2.45. The van der Waals surface area contributed by atoms with Crippen molar-refractivity contribution in [3.63, 3.8) is 0 Å². The highest BCUT2D eigenvalue weighted by Crippen LogP contribution is 2.14. The Balaban J connectivity index is 2.75. The van der Waals surface area contributed by atoms with E-state index in [0.29, 0.717) is 0 Å². The summed E-state index contributed by atoms with van der Waals surface area (Å²) in [6, 6.07) is 3.19. The molecular formula is C12H19N3O. The summed E-state index contributed by atoms with van der Waals surface area (Å²) in [7, 11) is 1.72. The van der Waals surface area contributed by atoms with Crippen LogP contribution in [0.1, 0.15) is 20.3 Å². The number of rotatable bonds is 4. The monoisotopic (exact) mass is 221 g/mol. The van der Waals surface area contributed by atoms with Crippen molar-refractivity contribution < 1.29 is 4.79 Å². The van der Waals surface area contributed by atoms with Gasteiger partial charge in [0.25, 0.3) is 0 Å². The second-order valence-electron chi connectivity index (χ2n) is 4.02. The summed E-state index contributed by atoms with van der Waals surface area (Å²) in [6.45, 7) is 4.02. The van der Waals surface area contributed by atoms with E-state index in [1.165, 1.54) is 0 Å². The van der Waals surface area contributed by atoms with Crippen molar-refractivity contribution in [3.05, 3.63) is 24.5 Å². The van der Waals surface area contributed by atoms with Crippen molar-refractivity contribution in [2.75, 3.05) is 11.9 Å². The van der Waals surface area contributed by atoms with Crippen LogP contribution >= 0.6 is 0 Å². The number of carbonyl (C=O) groups is 1. The number of amides is 1. The van der Waals surface area contributed by atoms with E-state index in [0.717, 1.165) is 12.1 Å². The molecule has 88 valence electrons. The summed E-state index contributed by atoms with van der Waals surface area (Å²) >= 11 is 0. The fourth-order valence-corrected chi connectivity index (χ4v) is 1.40. The normalized spacial score (nSPS) is 14.2. The number of hydrogen-bond acceptors (Lipinski definition) is 3. The van der Waals surface area contributed by atoms with Crippen LogP contribution in [0.3, 0.4) is 0 Å². The lowest BCUT2D eigenvalue weighted by atomic mass is 9.99. The Morgan fingerprint density at radius 1 is 1.62 bits per heavy atom. The fourth-order valence-electron chi connectivity index (χ4n) is 1.40. The van der Waals surface area contributed by atoms with E-state index in [9.17, 15) is 4.79 Å². The molecular weight excluding hydrogens is 202 g/mol. The number of nitrogens with zero attached hydrogens (tertiary/aromatic N) is 2. The molecule has 0 spiro atoms. The third-order valence-electron chi connectivity index (χ3n) is 2.91. The molecule has 0 unspecified atom stereocenters. The number of pyridine rings is 1. The van der Waals surface area contributed by atoms with Crippen molar-refractivity contribution in [2.45, 2.75) is 26.3 Å². The van der Waals surface area contributed by atoms with Gasteiger partial charge in [0.2, 0.25) is 5.91 Å². The van der Waals surface area contributed by atoms with Crippen LogP contribution in [0, 0.1) is 5.92 Å². The summed E-state index contributed by atoms with van der Waals surface area (Å²) in [5.74, 6) is 0.119. The molecule has 1 heterocycles. The van der Waals surface area contributed by atoms with Crippen LogP contribution in [0.4, 0.5) is 5.69 Å². The molecule has 1 aromatic rings. The van der Waals surface area contributed by atoms with E-state index in [1.54, 1.807) is 30.4 Å². The molecule has 0 radical (unpaired) electrons. The Hall–Kier alpha value is -1.42. The van der Waals surface area contributed by atoms with Crippen LogP contribution in [-0.4, -0.2) is 24.0 Å². The highest BCUT2D eigenvalue weighted by molar-refractivity contribution is 5.96. The highest BCUT2D eigenvalue weighted by atomic mass is 16.2. The quantitative estimate of drug-likeness (QED) is 0.836. The van der Waals surface area contributed by atoms with Gasteiger partial charge in [-0.3, -0.25) is 9.78 Å². The fraction of sp³-hybridized carbons (Fsp3) is 0.500. The van der Waals surface area contributed by atoms with Crippen molar-refractivity contribution in [1.82, 2.24) is 4.98 Å². The van der Waals surface area contributed by atoms with E-state index < -0.39 is 6.04 Å². The molecule has 0 saturated carbocycles. The van der Waals surface area contributed by atoms with E-state index in [-0.39, 0.29) is 11.8 Å². The first-order valence-electron chi connectivity index (χ1n) is 5.51. The molecule has 0 bridgehead atoms. The van der Waals surface area contributed by atoms with E-state index >= 15 is 0 Å². The van der Waals surface area contributed by atoms with Gasteiger partial charge in [-0.2, -0.15) is 0 Å². The first-order chi connectivity index (χ1) is 7.57. The Morgan fingerprint density at radius 3 is 2.81 bits per heavy atom. The predicted octanol–water partition coefficient (Wildman–Crippen LogP) is 1.42. The average molecular weight is 221 g/mol. The van der Waals surface area contributed by atoms with Gasteiger partial charge < -0.3 is 10.6 Å². The number of anilines is 1. The first kappa shape index (κ1) is 12.6. The number of aromatic nitrogens is 1. The average Bonchev–Trinajstić information content (AvgIpc) is 2.36. The minimum Gasteiger partial charge on any atom is -0.320 e. The van der Waals surface area contributed by atoms with Gasteiger partial charge in [0, 0.05) is 13.2 Å². The van der Waals surface area contributed by atoms with Crippen molar-refractivity contribution in [2.24, 2.45) is 11.7 Å². The molecule has 16 heavy (non-hydrogen) atoms. The minimum atomic E-state index is -0.449.